The summed E-state index contributed by atoms with van der Waals surface area (Å²) in [6.45, 7) is 4.16. The number of methoxy groups -OCH3 is 1. The van der Waals surface area contributed by atoms with Gasteiger partial charge in [0.15, 0.2) is 0 Å². The molecule has 7 nitrogen and oxygen atoms in total. The molecule has 1 aliphatic carbocycles. The number of rotatable bonds is 6. The van der Waals surface area contributed by atoms with E-state index in [1.165, 1.54) is 7.11 Å². The fraction of sp³-hybridized carbons (Fsp3) is 0.240. The molecule has 7 heteroatoms. The van der Waals surface area contributed by atoms with E-state index >= 15 is 0 Å². The summed E-state index contributed by atoms with van der Waals surface area (Å²) in [5.41, 5.74) is 11.7. The minimum Gasteiger partial charge on any atom is -0.496 e. The van der Waals surface area contributed by atoms with Crippen molar-refractivity contribution < 1.29 is 14.3 Å². The molecule has 3 N–H and O–H groups in total. The van der Waals surface area contributed by atoms with Crippen molar-refractivity contribution in [1.82, 2.24) is 4.98 Å². The van der Waals surface area contributed by atoms with E-state index < -0.39 is 11.8 Å². The van der Waals surface area contributed by atoms with E-state index in [9.17, 15) is 10.1 Å². The van der Waals surface area contributed by atoms with E-state index in [2.05, 4.69) is 22.4 Å². The number of aromatic nitrogens is 1. The Hall–Kier alpha value is -4.05. The number of pyridine rings is 1. The number of nitrogens with two attached hydrogens (primary N) is 1. The number of hydrogen-bond donors (Lipinski definition) is 2. The van der Waals surface area contributed by atoms with E-state index in [0.717, 1.165) is 28.8 Å². The Morgan fingerprint density at radius 3 is 2.84 bits per heavy atom. The summed E-state index contributed by atoms with van der Waals surface area (Å²) in [4.78, 5) is 17.2. The Kier molecular flexibility index (Phi) is 5.69. The van der Waals surface area contributed by atoms with Crippen LogP contribution in [0.5, 0.6) is 11.6 Å². The highest BCUT2D eigenvalue weighted by molar-refractivity contribution is 5.98. The first-order valence-corrected chi connectivity index (χ1v) is 10.3. The van der Waals surface area contributed by atoms with Crippen molar-refractivity contribution in [2.24, 2.45) is 5.73 Å². The van der Waals surface area contributed by atoms with Crippen molar-refractivity contribution in [2.75, 3.05) is 19.0 Å². The number of carbonyl (C=O) groups is 1. The van der Waals surface area contributed by atoms with Crippen LogP contribution in [0, 0.1) is 18.3 Å². The largest absolute Gasteiger partial charge is 0.496 e. The van der Waals surface area contributed by atoms with Gasteiger partial charge in [-0.2, -0.15) is 5.26 Å². The number of carbonyl (C=O) groups excluding carboxylic acids is 1. The van der Waals surface area contributed by atoms with Gasteiger partial charge < -0.3 is 20.5 Å². The lowest BCUT2D eigenvalue weighted by atomic mass is 9.79. The maximum Gasteiger partial charge on any atom is 0.247 e. The number of ether oxygens (including phenoxy) is 2. The molecule has 1 amide bonds. The quantitative estimate of drug-likeness (QED) is 0.723. The Labute approximate surface area is 186 Å². The van der Waals surface area contributed by atoms with Crippen molar-refractivity contribution in [3.05, 3.63) is 81.7 Å². The second-order valence-corrected chi connectivity index (χ2v) is 7.81. The number of fused-ring (bicyclic) bond motifs is 1. The van der Waals surface area contributed by atoms with Gasteiger partial charge in [0.25, 0.3) is 0 Å². The Morgan fingerprint density at radius 2 is 2.19 bits per heavy atom. The van der Waals surface area contributed by atoms with Crippen LogP contribution in [0.25, 0.3) is 0 Å². The lowest BCUT2D eigenvalue weighted by Gasteiger charge is -2.32. The number of benzene rings is 1. The van der Waals surface area contributed by atoms with Gasteiger partial charge in [-0.25, -0.2) is 4.98 Å². The summed E-state index contributed by atoms with van der Waals surface area (Å²) < 4.78 is 11.8. The fourth-order valence-electron chi connectivity index (χ4n) is 4.19. The molecule has 2 aliphatic rings. The highest BCUT2D eigenvalue weighted by Gasteiger charge is 2.37. The van der Waals surface area contributed by atoms with Crippen molar-refractivity contribution in [1.29, 1.82) is 5.26 Å². The SMILES string of the molecule is COc1cc(C#N)ccc1[C@@H]1C(C(N)=O)=C(C)Nc2c(C)cnc(OCC3=CC=CC3)c21. The molecule has 2 aromatic rings. The molecule has 2 heterocycles. The third kappa shape index (κ3) is 3.71. The van der Waals surface area contributed by atoms with Crippen LogP contribution in [0.1, 0.15) is 41.5 Å². The van der Waals surface area contributed by atoms with Crippen molar-refractivity contribution in [3.8, 4) is 17.7 Å². The molecule has 1 aromatic carbocycles. The summed E-state index contributed by atoms with van der Waals surface area (Å²) in [6, 6.07) is 7.27. The molecule has 0 bridgehead atoms. The molecular weight excluding hydrogens is 404 g/mol. The Balaban J connectivity index is 1.91. The smallest absolute Gasteiger partial charge is 0.247 e. The van der Waals surface area contributed by atoms with E-state index in [1.807, 2.05) is 26.0 Å². The van der Waals surface area contributed by atoms with Gasteiger partial charge >= 0.3 is 0 Å². The Bertz CT molecular complexity index is 1230. The number of hydrogen-bond acceptors (Lipinski definition) is 6. The molecular formula is C25H24N4O3. The van der Waals surface area contributed by atoms with Gasteiger partial charge in [-0.15, -0.1) is 0 Å². The van der Waals surface area contributed by atoms with Crippen molar-refractivity contribution in [3.63, 3.8) is 0 Å². The van der Waals surface area contributed by atoms with E-state index in [0.29, 0.717) is 40.6 Å². The average Bonchev–Trinajstić information content (AvgIpc) is 3.31. The third-order valence-corrected chi connectivity index (χ3v) is 5.74. The standard InChI is InChI=1S/C25H24N4O3/c1-14-12-28-25(32-13-16-6-4-5-7-16)22-21(20(24(27)30)15(2)29-23(14)22)18-9-8-17(11-26)10-19(18)31-3/h4-6,8-10,12,21,29H,7,13H2,1-3H3,(H2,27,30)/t21-/m1/s1. The van der Waals surface area contributed by atoms with Gasteiger partial charge in [-0.3, -0.25) is 4.79 Å². The number of anilines is 1. The lowest BCUT2D eigenvalue weighted by Crippen LogP contribution is -2.28. The second-order valence-electron chi connectivity index (χ2n) is 7.81. The van der Waals surface area contributed by atoms with Crippen LogP contribution in [-0.4, -0.2) is 24.6 Å². The molecule has 0 unspecified atom stereocenters. The number of amides is 1. The zero-order valence-electron chi connectivity index (χ0n) is 18.2. The van der Waals surface area contributed by atoms with E-state index in [1.54, 1.807) is 24.4 Å². The summed E-state index contributed by atoms with van der Waals surface area (Å²) in [6.07, 6.45) is 8.68. The number of primary amides is 1. The maximum absolute atomic E-state index is 12.6. The van der Waals surface area contributed by atoms with Crippen LogP contribution in [0.15, 0.2) is 59.5 Å². The van der Waals surface area contributed by atoms with Gasteiger partial charge in [0.1, 0.15) is 12.4 Å². The van der Waals surface area contributed by atoms with Crippen LogP contribution in [0.2, 0.25) is 0 Å². The van der Waals surface area contributed by atoms with Gasteiger partial charge in [0.05, 0.1) is 35.9 Å². The summed E-state index contributed by atoms with van der Waals surface area (Å²) >= 11 is 0. The predicted octanol–water partition coefficient (Wildman–Crippen LogP) is 3.85. The van der Waals surface area contributed by atoms with E-state index in [4.69, 9.17) is 15.2 Å². The van der Waals surface area contributed by atoms with Gasteiger partial charge in [-0.05, 0) is 43.5 Å². The molecule has 32 heavy (non-hydrogen) atoms. The minimum absolute atomic E-state index is 0.390. The van der Waals surface area contributed by atoms with Gasteiger partial charge in [0, 0.05) is 23.0 Å². The first-order chi connectivity index (χ1) is 15.4. The number of allylic oxidation sites excluding steroid dienone is 4. The predicted molar refractivity (Wildman–Crippen MR) is 121 cm³/mol. The Morgan fingerprint density at radius 1 is 1.38 bits per heavy atom. The van der Waals surface area contributed by atoms with Crippen molar-refractivity contribution in [2.45, 2.75) is 26.2 Å². The number of aryl methyl sites for hydroxylation is 1. The van der Waals surface area contributed by atoms with Crippen LogP contribution in [0.3, 0.4) is 0 Å². The second kappa shape index (κ2) is 8.60. The molecule has 162 valence electrons. The first-order valence-electron chi connectivity index (χ1n) is 10.3. The van der Waals surface area contributed by atoms with Crippen molar-refractivity contribution >= 4 is 11.6 Å². The number of nitriles is 1. The fourth-order valence-corrected chi connectivity index (χ4v) is 4.19. The highest BCUT2D eigenvalue weighted by atomic mass is 16.5. The summed E-state index contributed by atoms with van der Waals surface area (Å²) in [5.74, 6) is -0.200. The number of nitrogens with one attached hydrogen (secondary N) is 1. The summed E-state index contributed by atoms with van der Waals surface area (Å²) in [7, 11) is 1.54. The van der Waals surface area contributed by atoms with Crippen LogP contribution >= 0.6 is 0 Å². The topological polar surface area (TPSA) is 110 Å². The minimum atomic E-state index is -0.565. The van der Waals surface area contributed by atoms with Crippen LogP contribution in [0.4, 0.5) is 5.69 Å². The zero-order chi connectivity index (χ0) is 22.8. The maximum atomic E-state index is 12.6. The molecule has 0 spiro atoms. The molecule has 0 radical (unpaired) electrons. The van der Waals surface area contributed by atoms with E-state index in [-0.39, 0.29) is 0 Å². The van der Waals surface area contributed by atoms with Crippen LogP contribution < -0.4 is 20.5 Å². The molecule has 0 saturated carbocycles. The molecule has 1 aromatic heterocycles. The van der Waals surface area contributed by atoms with Gasteiger partial charge in [-0.1, -0.05) is 24.3 Å². The molecule has 1 atom stereocenters. The van der Waals surface area contributed by atoms with Gasteiger partial charge in [0.2, 0.25) is 11.8 Å². The monoisotopic (exact) mass is 428 g/mol. The third-order valence-electron chi connectivity index (χ3n) is 5.74. The molecule has 4 rings (SSSR count). The zero-order valence-corrected chi connectivity index (χ0v) is 18.2. The summed E-state index contributed by atoms with van der Waals surface area (Å²) in [5, 5.41) is 12.6. The van der Waals surface area contributed by atoms with Crippen LogP contribution in [-0.2, 0) is 4.79 Å². The lowest BCUT2D eigenvalue weighted by molar-refractivity contribution is -0.114. The average molecular weight is 428 g/mol. The highest BCUT2D eigenvalue weighted by Crippen LogP contribution is 2.48. The number of nitrogens with zero attached hydrogens (tertiary/aromatic N) is 2. The molecule has 0 fully saturated rings. The normalized spacial score (nSPS) is 16.7. The molecule has 0 saturated heterocycles. The first kappa shape index (κ1) is 21.2. The molecule has 1 aliphatic heterocycles.